The number of rotatable bonds is 10. The molecule has 0 aliphatic rings. The molecule has 0 rings (SSSR count). The van der Waals surface area contributed by atoms with Gasteiger partial charge in [0.05, 0.1) is 0 Å². The van der Waals surface area contributed by atoms with Crippen LogP contribution in [0, 0.1) is 5.41 Å². The van der Waals surface area contributed by atoms with Crippen LogP contribution in [0.25, 0.3) is 0 Å². The number of carbonyl (C=O) groups excluding carboxylic acids is 1. The first-order valence-corrected chi connectivity index (χ1v) is 9.83. The number of halogens is 17. The summed E-state index contributed by atoms with van der Waals surface area (Å²) in [6.45, 7) is 2.99. The van der Waals surface area contributed by atoms with Crippen LogP contribution in [0.1, 0.15) is 33.6 Å². The number of carbonyl (C=O) groups is 2. The van der Waals surface area contributed by atoms with Crippen LogP contribution >= 0.6 is 0 Å². The third-order valence-electron chi connectivity index (χ3n) is 4.99. The Bertz CT molecular complexity index is 928. The van der Waals surface area contributed by atoms with E-state index in [9.17, 15) is 84.2 Å². The lowest BCUT2D eigenvalue weighted by molar-refractivity contribution is -0.461. The van der Waals surface area contributed by atoms with Crippen LogP contribution in [-0.2, 0) is 4.74 Å². The Morgan fingerprint density at radius 1 is 0.625 bits per heavy atom. The van der Waals surface area contributed by atoms with Gasteiger partial charge >= 0.3 is 59.8 Å². The van der Waals surface area contributed by atoms with Gasteiger partial charge in [0.2, 0.25) is 0 Å². The van der Waals surface area contributed by atoms with Crippen LogP contribution in [0.5, 0.6) is 0 Å². The van der Waals surface area contributed by atoms with Gasteiger partial charge in [-0.15, -0.1) is 0 Å². The first-order chi connectivity index (χ1) is 17.2. The van der Waals surface area contributed by atoms with Crippen molar-refractivity contribution in [1.29, 1.82) is 0 Å². The molecule has 0 aliphatic carbocycles. The van der Waals surface area contributed by atoms with E-state index in [0.29, 0.717) is 0 Å². The average molecular weight is 636 g/mol. The fraction of sp³-hybridized carbons (Fsp3) is 0.882. The van der Waals surface area contributed by atoms with Crippen molar-refractivity contribution in [2.75, 3.05) is 0 Å². The van der Waals surface area contributed by atoms with Gasteiger partial charge in [0.1, 0.15) is 6.10 Å². The maximum atomic E-state index is 14.1. The van der Waals surface area contributed by atoms with Crippen LogP contribution in [0.15, 0.2) is 0 Å². The Morgan fingerprint density at radius 3 is 1.30 bits per heavy atom. The summed E-state index contributed by atoms with van der Waals surface area (Å²) in [6.07, 6.45) is -18.3. The highest BCUT2D eigenvalue weighted by molar-refractivity contribution is 5.72. The van der Waals surface area contributed by atoms with Crippen molar-refractivity contribution < 1.29 is 94.1 Å². The van der Waals surface area contributed by atoms with Gasteiger partial charge in [0.15, 0.2) is 0 Å². The Labute approximate surface area is 211 Å². The van der Waals surface area contributed by atoms with Crippen molar-refractivity contribution in [3.63, 3.8) is 0 Å². The van der Waals surface area contributed by atoms with E-state index in [2.05, 4.69) is 4.74 Å². The van der Waals surface area contributed by atoms with Crippen LogP contribution in [-0.4, -0.2) is 71.0 Å². The molecule has 40 heavy (non-hydrogen) atoms. The van der Waals surface area contributed by atoms with E-state index < -0.39 is 84.2 Å². The Kier molecular flexibility index (Phi) is 9.93. The zero-order valence-electron chi connectivity index (χ0n) is 19.6. The topological polar surface area (TPSA) is 87.7 Å². The van der Waals surface area contributed by atoms with Crippen molar-refractivity contribution in [2.24, 2.45) is 5.41 Å². The van der Waals surface area contributed by atoms with Crippen molar-refractivity contribution in [3.05, 3.63) is 0 Å². The summed E-state index contributed by atoms with van der Waals surface area (Å²) < 4.78 is 231. The molecule has 0 aromatic rings. The fourth-order valence-corrected chi connectivity index (χ4v) is 2.60. The largest absolute Gasteiger partial charge is 0.464 e. The SMILES string of the molecule is CC(C)(C)C(CCC(F)(F)C(F)(F)C(F)(F)C(F)(F)C(F)(F)C(F)(F)C(F)(F)C(F)(F)F)OC(=O)NNC(=O)O. The monoisotopic (exact) mass is 636 g/mol. The highest BCUT2D eigenvalue weighted by Gasteiger charge is 2.95. The number of alkyl halides is 17. The van der Waals surface area contributed by atoms with Crippen LogP contribution in [0.3, 0.4) is 0 Å². The number of amides is 2. The zero-order valence-corrected chi connectivity index (χ0v) is 19.6. The second-order valence-corrected chi connectivity index (χ2v) is 9.00. The average Bonchev–Trinajstić information content (AvgIpc) is 2.72. The maximum absolute atomic E-state index is 14.1. The van der Waals surface area contributed by atoms with Crippen LogP contribution in [0.2, 0.25) is 0 Å². The minimum absolute atomic E-state index is 0.998. The van der Waals surface area contributed by atoms with Gasteiger partial charge in [0, 0.05) is 6.42 Å². The molecule has 3 N–H and O–H groups in total. The second-order valence-electron chi connectivity index (χ2n) is 9.00. The predicted molar refractivity (Wildman–Crippen MR) is 93.9 cm³/mol. The Balaban J connectivity index is 6.39. The molecule has 238 valence electrons. The minimum Gasteiger partial charge on any atom is -0.464 e. The molecule has 23 heteroatoms. The summed E-state index contributed by atoms with van der Waals surface area (Å²) >= 11 is 0. The first-order valence-electron chi connectivity index (χ1n) is 9.83. The number of nitrogens with one attached hydrogen (secondary N) is 2. The molecule has 1 atom stereocenters. The van der Waals surface area contributed by atoms with Gasteiger partial charge in [-0.25, -0.2) is 20.4 Å². The summed E-state index contributed by atoms with van der Waals surface area (Å²) in [7, 11) is 0. The molecule has 0 saturated carbocycles. The van der Waals surface area contributed by atoms with Gasteiger partial charge in [-0.05, 0) is 11.8 Å². The molecule has 0 heterocycles. The number of hydrazine groups is 1. The summed E-state index contributed by atoms with van der Waals surface area (Å²) in [5.41, 5.74) is 0.787. The van der Waals surface area contributed by atoms with Crippen molar-refractivity contribution in [1.82, 2.24) is 10.9 Å². The second kappa shape index (κ2) is 10.6. The number of ether oxygens (including phenoxy) is 1. The summed E-state index contributed by atoms with van der Waals surface area (Å²) in [5, 5.41) is 8.30. The molecule has 0 aromatic carbocycles. The van der Waals surface area contributed by atoms with Crippen LogP contribution in [0.4, 0.5) is 84.2 Å². The first kappa shape index (κ1) is 37.4. The molecule has 2 amide bonds. The van der Waals surface area contributed by atoms with Gasteiger partial charge in [0.25, 0.3) is 0 Å². The smallest absolute Gasteiger partial charge is 0.460 e. The fourth-order valence-electron chi connectivity index (χ4n) is 2.60. The molecule has 0 aliphatic heterocycles. The molecular weight excluding hydrogens is 619 g/mol. The molecular formula is C17H17F17N2O4. The number of carboxylic acid groups (broad SMARTS) is 1. The van der Waals surface area contributed by atoms with Crippen molar-refractivity contribution >= 4 is 12.2 Å². The normalized spacial score (nSPS) is 15.9. The van der Waals surface area contributed by atoms with Crippen molar-refractivity contribution in [3.8, 4) is 0 Å². The summed E-state index contributed by atoms with van der Waals surface area (Å²) in [5.74, 6) is -57.2. The van der Waals surface area contributed by atoms with Gasteiger partial charge in [-0.2, -0.15) is 74.6 Å². The number of hydrogen-bond acceptors (Lipinski definition) is 3. The lowest BCUT2D eigenvalue weighted by atomic mass is 9.83. The Hall–Kier alpha value is -2.65. The van der Waals surface area contributed by atoms with E-state index in [1.54, 1.807) is 0 Å². The van der Waals surface area contributed by atoms with E-state index in [-0.39, 0.29) is 0 Å². The minimum atomic E-state index is -8.73. The van der Waals surface area contributed by atoms with Gasteiger partial charge < -0.3 is 9.84 Å². The van der Waals surface area contributed by atoms with Gasteiger partial charge in [-0.3, -0.25) is 0 Å². The quantitative estimate of drug-likeness (QED) is 0.177. The molecule has 0 spiro atoms. The zero-order chi connectivity index (χ0) is 32.8. The molecule has 0 radical (unpaired) electrons. The van der Waals surface area contributed by atoms with E-state index >= 15 is 0 Å². The molecule has 0 bridgehead atoms. The van der Waals surface area contributed by atoms with E-state index in [1.807, 2.05) is 0 Å². The predicted octanol–water partition coefficient (Wildman–Crippen LogP) is 7.10. The Morgan fingerprint density at radius 2 is 0.975 bits per heavy atom. The molecule has 0 fully saturated rings. The molecule has 6 nitrogen and oxygen atoms in total. The number of hydrogen-bond donors (Lipinski definition) is 3. The van der Waals surface area contributed by atoms with Crippen LogP contribution < -0.4 is 10.9 Å². The molecule has 0 aromatic heterocycles. The molecule has 1 unspecified atom stereocenters. The van der Waals surface area contributed by atoms with E-state index in [4.69, 9.17) is 5.11 Å². The summed E-state index contributed by atoms with van der Waals surface area (Å²) in [6, 6.07) is 0. The highest BCUT2D eigenvalue weighted by atomic mass is 19.4. The molecule has 0 saturated heterocycles. The maximum Gasteiger partial charge on any atom is 0.460 e. The summed E-state index contributed by atoms with van der Waals surface area (Å²) in [4.78, 5) is 21.7. The third-order valence-corrected chi connectivity index (χ3v) is 4.99. The lowest BCUT2D eigenvalue weighted by Gasteiger charge is -2.43. The lowest BCUT2D eigenvalue weighted by Crippen LogP contribution is -2.74. The van der Waals surface area contributed by atoms with E-state index in [0.717, 1.165) is 20.8 Å². The van der Waals surface area contributed by atoms with E-state index in [1.165, 1.54) is 10.9 Å². The highest BCUT2D eigenvalue weighted by Crippen LogP contribution is 2.64. The third kappa shape index (κ3) is 6.30. The van der Waals surface area contributed by atoms with Crippen molar-refractivity contribution in [2.45, 2.75) is 87.4 Å². The van der Waals surface area contributed by atoms with Gasteiger partial charge in [-0.1, -0.05) is 20.8 Å². The standard InChI is InChI=1S/C17H17F17N2O4/c1-9(2,3)6(40-8(39)36-35-7(37)38)4-5-10(18,19)11(20,21)12(22,23)13(24,25)14(26,27)15(28,29)16(30,31)17(32,33)34/h6,35H,4-5H2,1-3H3,(H,36,39)(H,37,38).